The van der Waals surface area contributed by atoms with Crippen molar-refractivity contribution in [1.82, 2.24) is 20.0 Å². The largest absolute Gasteiger partial charge is 0.436 e. The summed E-state index contributed by atoms with van der Waals surface area (Å²) in [6, 6.07) is 13.3. The van der Waals surface area contributed by atoms with Crippen LogP contribution >= 0.6 is 15.9 Å². The van der Waals surface area contributed by atoms with Crippen molar-refractivity contribution in [3.8, 4) is 22.9 Å². The van der Waals surface area contributed by atoms with Gasteiger partial charge < -0.3 is 10.5 Å². The van der Waals surface area contributed by atoms with Gasteiger partial charge in [0.05, 0.1) is 21.4 Å². The lowest BCUT2D eigenvalue weighted by molar-refractivity contribution is 0.327. The van der Waals surface area contributed by atoms with Crippen LogP contribution in [0.4, 0.5) is 10.1 Å². The van der Waals surface area contributed by atoms with E-state index in [-0.39, 0.29) is 17.1 Å². The number of ether oxygens (including phenoxy) is 1. The highest BCUT2D eigenvalue weighted by Gasteiger charge is 2.18. The lowest BCUT2D eigenvalue weighted by Gasteiger charge is -2.18. The van der Waals surface area contributed by atoms with Crippen molar-refractivity contribution in [2.24, 2.45) is 5.41 Å². The molecule has 2 N–H and O–H groups in total. The van der Waals surface area contributed by atoms with Gasteiger partial charge in [-0.05, 0) is 69.9 Å². The van der Waals surface area contributed by atoms with Crippen molar-refractivity contribution in [3.05, 3.63) is 58.8 Å². The van der Waals surface area contributed by atoms with E-state index in [4.69, 9.17) is 10.5 Å². The van der Waals surface area contributed by atoms with E-state index in [0.29, 0.717) is 27.1 Å². The number of rotatable bonds is 4. The normalized spacial score (nSPS) is 11.8. The van der Waals surface area contributed by atoms with Gasteiger partial charge in [-0.2, -0.15) is 0 Å². The minimum Gasteiger partial charge on any atom is -0.436 e. The van der Waals surface area contributed by atoms with E-state index in [0.717, 1.165) is 17.6 Å². The molecular weight excluding hydrogens is 449 g/mol. The van der Waals surface area contributed by atoms with Crippen LogP contribution in [0.1, 0.15) is 20.8 Å². The van der Waals surface area contributed by atoms with Gasteiger partial charge in [0.1, 0.15) is 17.1 Å². The van der Waals surface area contributed by atoms with Gasteiger partial charge in [0.25, 0.3) is 0 Å². The van der Waals surface area contributed by atoms with Crippen molar-refractivity contribution in [3.63, 3.8) is 0 Å². The van der Waals surface area contributed by atoms with Crippen LogP contribution < -0.4 is 10.5 Å². The fraction of sp³-hybridized carbons (Fsp3) is 0.227. The lowest BCUT2D eigenvalue weighted by atomic mass is 9.97. The number of nitrogens with two attached hydrogens (primary N) is 1. The molecule has 4 rings (SSSR count). The van der Waals surface area contributed by atoms with Crippen molar-refractivity contribution in [2.75, 3.05) is 5.73 Å². The third-order valence-corrected chi connectivity index (χ3v) is 5.22. The number of fused-ring (bicyclic) bond motifs is 1. The molecule has 2 aromatic carbocycles. The number of hydrogen-bond donors (Lipinski definition) is 1. The average Bonchev–Trinajstić information content (AvgIpc) is 3.08. The van der Waals surface area contributed by atoms with Gasteiger partial charge in [-0.25, -0.2) is 14.1 Å². The summed E-state index contributed by atoms with van der Waals surface area (Å²) in [5.74, 6) is 0.488. The number of pyridine rings is 1. The summed E-state index contributed by atoms with van der Waals surface area (Å²) in [6.45, 7) is 7.19. The second kappa shape index (κ2) is 7.68. The Kier molecular flexibility index (Phi) is 5.19. The molecular formula is C22H21BrFN5O. The molecule has 0 spiro atoms. The maximum absolute atomic E-state index is 13.2. The number of aromatic nitrogens is 4. The zero-order chi connectivity index (χ0) is 21.5. The zero-order valence-electron chi connectivity index (χ0n) is 16.9. The molecule has 2 heterocycles. The van der Waals surface area contributed by atoms with E-state index in [1.54, 1.807) is 24.3 Å². The van der Waals surface area contributed by atoms with E-state index in [9.17, 15) is 4.39 Å². The minimum atomic E-state index is -0.303. The Morgan fingerprint density at radius 1 is 1.07 bits per heavy atom. The summed E-state index contributed by atoms with van der Waals surface area (Å²) in [5.41, 5.74) is 9.55. The van der Waals surface area contributed by atoms with Gasteiger partial charge in [-0.1, -0.05) is 26.0 Å². The molecule has 0 unspecified atom stereocenters. The molecule has 0 aliphatic heterocycles. The maximum Gasteiger partial charge on any atom is 0.243 e. The first-order valence-electron chi connectivity index (χ1n) is 9.43. The minimum absolute atomic E-state index is 0.0709. The SMILES string of the molecule is CC(C)(C)Cn1nnc2c(Br)c(Oc3nc(-c4ccc(F)cc4)ccc3N)ccc21. The van der Waals surface area contributed by atoms with Crippen molar-refractivity contribution < 1.29 is 9.13 Å². The van der Waals surface area contributed by atoms with Crippen molar-refractivity contribution in [2.45, 2.75) is 27.3 Å². The Morgan fingerprint density at radius 3 is 2.50 bits per heavy atom. The first kappa shape index (κ1) is 20.3. The van der Waals surface area contributed by atoms with Crippen molar-refractivity contribution in [1.29, 1.82) is 0 Å². The number of nitrogen functional groups attached to an aromatic ring is 1. The molecule has 0 radical (unpaired) electrons. The third kappa shape index (κ3) is 4.14. The fourth-order valence-electron chi connectivity index (χ4n) is 3.05. The van der Waals surface area contributed by atoms with Crippen LogP contribution in [0.2, 0.25) is 0 Å². The maximum atomic E-state index is 13.2. The molecule has 8 heteroatoms. The summed E-state index contributed by atoms with van der Waals surface area (Å²) < 4.78 is 21.8. The van der Waals surface area contributed by atoms with Crippen LogP contribution in [0.25, 0.3) is 22.3 Å². The van der Waals surface area contributed by atoms with Crippen LogP contribution in [0.3, 0.4) is 0 Å². The Balaban J connectivity index is 1.68. The van der Waals surface area contributed by atoms with Gasteiger partial charge in [0.2, 0.25) is 5.88 Å². The van der Waals surface area contributed by atoms with Gasteiger partial charge in [0.15, 0.2) is 0 Å². The number of halogens is 2. The van der Waals surface area contributed by atoms with E-state index in [2.05, 4.69) is 52.0 Å². The first-order valence-corrected chi connectivity index (χ1v) is 10.2. The second-order valence-electron chi connectivity index (χ2n) is 8.25. The number of benzene rings is 2. The van der Waals surface area contributed by atoms with Crippen LogP contribution in [-0.2, 0) is 6.54 Å². The molecule has 0 bridgehead atoms. The molecule has 0 saturated carbocycles. The molecule has 0 aliphatic rings. The molecule has 154 valence electrons. The van der Waals surface area contributed by atoms with Crippen LogP contribution in [-0.4, -0.2) is 20.0 Å². The second-order valence-corrected chi connectivity index (χ2v) is 9.05. The molecule has 4 aromatic rings. The average molecular weight is 470 g/mol. The molecule has 0 aliphatic carbocycles. The number of hydrogen-bond acceptors (Lipinski definition) is 5. The summed E-state index contributed by atoms with van der Waals surface area (Å²) >= 11 is 3.58. The Bertz CT molecular complexity index is 1210. The highest BCUT2D eigenvalue weighted by molar-refractivity contribution is 9.10. The number of nitrogens with zero attached hydrogens (tertiary/aromatic N) is 4. The lowest BCUT2D eigenvalue weighted by Crippen LogP contribution is -2.16. The molecule has 2 aromatic heterocycles. The smallest absolute Gasteiger partial charge is 0.243 e. The highest BCUT2D eigenvalue weighted by atomic mass is 79.9. The van der Waals surface area contributed by atoms with Crippen LogP contribution in [0.15, 0.2) is 53.0 Å². The first-order chi connectivity index (χ1) is 14.2. The standard InChI is InChI=1S/C22H21BrFN5O/c1-22(2,3)12-29-17-10-11-18(19(23)20(17)27-28-29)30-21-15(25)8-9-16(26-21)13-4-6-14(24)7-5-13/h4-11H,12,25H2,1-3H3. The number of anilines is 1. The van der Waals surface area contributed by atoms with E-state index in [1.807, 2.05) is 16.8 Å². The van der Waals surface area contributed by atoms with E-state index >= 15 is 0 Å². The Hall–Kier alpha value is -3.00. The van der Waals surface area contributed by atoms with Crippen LogP contribution in [0.5, 0.6) is 11.6 Å². The van der Waals surface area contributed by atoms with Crippen molar-refractivity contribution >= 4 is 32.7 Å². The third-order valence-electron chi connectivity index (χ3n) is 4.45. The van der Waals surface area contributed by atoms with E-state index in [1.165, 1.54) is 12.1 Å². The molecule has 30 heavy (non-hydrogen) atoms. The summed E-state index contributed by atoms with van der Waals surface area (Å²) in [5, 5.41) is 8.58. The fourth-order valence-corrected chi connectivity index (χ4v) is 3.55. The Morgan fingerprint density at radius 2 is 1.80 bits per heavy atom. The van der Waals surface area contributed by atoms with E-state index < -0.39 is 0 Å². The summed E-state index contributed by atoms with van der Waals surface area (Å²) in [7, 11) is 0. The monoisotopic (exact) mass is 469 g/mol. The predicted octanol–water partition coefficient (Wildman–Crippen LogP) is 5.82. The molecule has 0 fully saturated rings. The quantitative estimate of drug-likeness (QED) is 0.407. The highest BCUT2D eigenvalue weighted by Crippen LogP contribution is 2.37. The molecule has 0 atom stereocenters. The zero-order valence-corrected chi connectivity index (χ0v) is 18.4. The van der Waals surface area contributed by atoms with Gasteiger partial charge >= 0.3 is 0 Å². The van der Waals surface area contributed by atoms with Gasteiger partial charge in [-0.3, -0.25) is 0 Å². The summed E-state index contributed by atoms with van der Waals surface area (Å²) in [4.78, 5) is 4.51. The topological polar surface area (TPSA) is 78.8 Å². The van der Waals surface area contributed by atoms with Gasteiger partial charge in [0, 0.05) is 12.1 Å². The molecule has 0 amide bonds. The molecule has 0 saturated heterocycles. The van der Waals surface area contributed by atoms with Gasteiger partial charge in [-0.15, -0.1) is 5.10 Å². The van der Waals surface area contributed by atoms with Crippen LogP contribution in [0, 0.1) is 11.2 Å². The predicted molar refractivity (Wildman–Crippen MR) is 119 cm³/mol. The summed E-state index contributed by atoms with van der Waals surface area (Å²) in [6.07, 6.45) is 0. The molecule has 6 nitrogen and oxygen atoms in total. The Labute approximate surface area is 182 Å².